The highest BCUT2D eigenvalue weighted by Gasteiger charge is 2.34. The molecule has 1 aliphatic rings. The topological polar surface area (TPSA) is 77.2 Å². The molecule has 0 aliphatic heterocycles. The van der Waals surface area contributed by atoms with Gasteiger partial charge in [0.1, 0.15) is 0 Å². The van der Waals surface area contributed by atoms with Crippen LogP contribution in [0, 0.1) is 0 Å². The summed E-state index contributed by atoms with van der Waals surface area (Å²) in [6, 6.07) is 3.23. The maximum Gasteiger partial charge on any atom is 0.199 e. The molecule has 23 heavy (non-hydrogen) atoms. The van der Waals surface area contributed by atoms with Crippen molar-refractivity contribution in [3.8, 4) is 0 Å². The van der Waals surface area contributed by atoms with Crippen LogP contribution >= 0.6 is 27.7 Å². The first-order chi connectivity index (χ1) is 10.8. The minimum absolute atomic E-state index is 0.0484. The molecule has 122 valence electrons. The lowest BCUT2D eigenvalue weighted by atomic mass is 10.0. The second-order valence-corrected chi connectivity index (χ2v) is 9.06. The first kappa shape index (κ1) is 16.7. The fourth-order valence-electron chi connectivity index (χ4n) is 2.48. The molecule has 1 aliphatic carbocycles. The van der Waals surface area contributed by atoms with Crippen LogP contribution in [0.4, 0.5) is 0 Å². The standard InChI is InChI=1S/C15H14BrNO4S2/c1-22-14-11(16)6-5-9(15(14)23(2,19)20)12(18)10-7-17-21-13(10)8-3-4-8/h5-8H,3-4H2,1-2H3. The van der Waals surface area contributed by atoms with Crippen LogP contribution in [0.5, 0.6) is 0 Å². The molecule has 8 heteroatoms. The number of rotatable bonds is 5. The monoisotopic (exact) mass is 415 g/mol. The van der Waals surface area contributed by atoms with Gasteiger partial charge >= 0.3 is 0 Å². The second kappa shape index (κ2) is 6.07. The summed E-state index contributed by atoms with van der Waals surface area (Å²) in [7, 11) is -3.57. The van der Waals surface area contributed by atoms with Crippen molar-refractivity contribution in [2.24, 2.45) is 0 Å². The molecular weight excluding hydrogens is 402 g/mol. The van der Waals surface area contributed by atoms with E-state index in [2.05, 4.69) is 21.1 Å². The predicted molar refractivity (Wildman–Crippen MR) is 90.9 cm³/mol. The van der Waals surface area contributed by atoms with E-state index in [0.29, 0.717) is 20.7 Å². The van der Waals surface area contributed by atoms with Gasteiger partial charge < -0.3 is 4.52 Å². The van der Waals surface area contributed by atoms with Gasteiger partial charge in [0, 0.05) is 27.1 Å². The Morgan fingerprint density at radius 2 is 2.04 bits per heavy atom. The van der Waals surface area contributed by atoms with E-state index in [0.717, 1.165) is 19.1 Å². The van der Waals surface area contributed by atoms with Crippen molar-refractivity contribution in [1.29, 1.82) is 0 Å². The van der Waals surface area contributed by atoms with Gasteiger partial charge in [0.25, 0.3) is 0 Å². The molecule has 0 spiro atoms. The van der Waals surface area contributed by atoms with Gasteiger partial charge in [-0.1, -0.05) is 5.16 Å². The van der Waals surface area contributed by atoms with Crippen molar-refractivity contribution >= 4 is 43.3 Å². The van der Waals surface area contributed by atoms with Crippen LogP contribution in [0.25, 0.3) is 0 Å². The first-order valence-corrected chi connectivity index (χ1v) is 10.8. The lowest BCUT2D eigenvalue weighted by molar-refractivity contribution is 0.103. The summed E-state index contributed by atoms with van der Waals surface area (Å²) in [6.07, 6.45) is 6.19. The summed E-state index contributed by atoms with van der Waals surface area (Å²) in [6.45, 7) is 0. The number of carbonyl (C=O) groups excluding carboxylic acids is 1. The average molecular weight is 416 g/mol. The van der Waals surface area contributed by atoms with Gasteiger partial charge in [-0.05, 0) is 47.2 Å². The van der Waals surface area contributed by atoms with Crippen LogP contribution in [-0.4, -0.2) is 31.9 Å². The van der Waals surface area contributed by atoms with Crippen LogP contribution in [0.3, 0.4) is 0 Å². The molecule has 0 atom stereocenters. The Morgan fingerprint density at radius 3 is 2.61 bits per heavy atom. The molecule has 0 N–H and O–H groups in total. The van der Waals surface area contributed by atoms with Gasteiger partial charge in [-0.3, -0.25) is 4.79 Å². The third-order valence-electron chi connectivity index (χ3n) is 3.67. The number of nitrogens with zero attached hydrogens (tertiary/aromatic N) is 1. The quantitative estimate of drug-likeness (QED) is 0.547. The highest BCUT2D eigenvalue weighted by atomic mass is 79.9. The van der Waals surface area contributed by atoms with E-state index in [-0.39, 0.29) is 22.2 Å². The third-order valence-corrected chi connectivity index (χ3v) is 6.73. The molecule has 1 aromatic heterocycles. The van der Waals surface area contributed by atoms with E-state index >= 15 is 0 Å². The van der Waals surface area contributed by atoms with Crippen molar-refractivity contribution in [2.75, 3.05) is 12.5 Å². The largest absolute Gasteiger partial charge is 0.360 e. The van der Waals surface area contributed by atoms with Gasteiger partial charge in [0.2, 0.25) is 0 Å². The summed E-state index contributed by atoms with van der Waals surface area (Å²) in [5.41, 5.74) is 0.511. The predicted octanol–water partition coefficient (Wildman–Crippen LogP) is 3.67. The number of carbonyl (C=O) groups is 1. The van der Waals surface area contributed by atoms with Crippen molar-refractivity contribution in [3.63, 3.8) is 0 Å². The Balaban J connectivity index is 2.19. The van der Waals surface area contributed by atoms with Gasteiger partial charge in [-0.2, -0.15) is 0 Å². The van der Waals surface area contributed by atoms with Crippen LogP contribution in [0.15, 0.2) is 37.1 Å². The molecule has 1 heterocycles. The number of thioether (sulfide) groups is 1. The number of aromatic nitrogens is 1. The minimum Gasteiger partial charge on any atom is -0.360 e. The molecule has 0 bridgehead atoms. The Morgan fingerprint density at radius 1 is 1.35 bits per heavy atom. The smallest absolute Gasteiger partial charge is 0.199 e. The molecular formula is C15H14BrNO4S2. The molecule has 1 fully saturated rings. The van der Waals surface area contributed by atoms with Gasteiger partial charge in [0.15, 0.2) is 21.4 Å². The van der Waals surface area contributed by atoms with E-state index in [9.17, 15) is 13.2 Å². The number of hydrogen-bond donors (Lipinski definition) is 0. The van der Waals surface area contributed by atoms with E-state index in [4.69, 9.17) is 4.52 Å². The zero-order valence-corrected chi connectivity index (χ0v) is 15.7. The minimum atomic E-state index is -3.57. The van der Waals surface area contributed by atoms with E-state index in [1.165, 1.54) is 24.0 Å². The highest BCUT2D eigenvalue weighted by Crippen LogP contribution is 2.43. The molecule has 0 amide bonds. The molecule has 0 unspecified atom stereocenters. The Labute approximate surface area is 146 Å². The Hall–Kier alpha value is -1.12. The summed E-state index contributed by atoms with van der Waals surface area (Å²) in [5, 5.41) is 3.72. The number of hydrogen-bond acceptors (Lipinski definition) is 6. The maximum atomic E-state index is 12.9. The molecule has 5 nitrogen and oxygen atoms in total. The van der Waals surface area contributed by atoms with Gasteiger partial charge in [-0.15, -0.1) is 11.8 Å². The van der Waals surface area contributed by atoms with Crippen molar-refractivity contribution in [2.45, 2.75) is 28.6 Å². The fourth-order valence-corrected chi connectivity index (χ4v) is 5.70. The van der Waals surface area contributed by atoms with Crippen LogP contribution in [0.1, 0.15) is 40.4 Å². The number of halogens is 1. The summed E-state index contributed by atoms with van der Waals surface area (Å²) < 4.78 is 30.4. The molecule has 3 rings (SSSR count). The first-order valence-electron chi connectivity index (χ1n) is 6.90. The van der Waals surface area contributed by atoms with Crippen LogP contribution in [-0.2, 0) is 9.84 Å². The Kier molecular flexibility index (Phi) is 4.41. The number of benzene rings is 1. The Bertz CT molecular complexity index is 885. The molecule has 1 aromatic carbocycles. The van der Waals surface area contributed by atoms with Gasteiger partial charge in [0.05, 0.1) is 16.7 Å². The summed E-state index contributed by atoms with van der Waals surface area (Å²) in [4.78, 5) is 13.5. The SMILES string of the molecule is CSc1c(Br)ccc(C(=O)c2cnoc2C2CC2)c1S(C)(=O)=O. The van der Waals surface area contributed by atoms with E-state index in [1.807, 2.05) is 0 Å². The normalized spacial score (nSPS) is 14.9. The lowest BCUT2D eigenvalue weighted by Crippen LogP contribution is -2.12. The lowest BCUT2D eigenvalue weighted by Gasteiger charge is -2.12. The molecule has 0 radical (unpaired) electrons. The molecule has 0 saturated heterocycles. The highest BCUT2D eigenvalue weighted by molar-refractivity contribution is 9.10. The van der Waals surface area contributed by atoms with Crippen molar-refractivity contribution < 1.29 is 17.7 Å². The molecule has 1 saturated carbocycles. The van der Waals surface area contributed by atoms with Gasteiger partial charge in [-0.25, -0.2) is 8.42 Å². The maximum absolute atomic E-state index is 12.9. The number of sulfone groups is 1. The molecule has 2 aromatic rings. The number of ketones is 1. The zero-order valence-electron chi connectivity index (χ0n) is 12.5. The van der Waals surface area contributed by atoms with Crippen LogP contribution in [0.2, 0.25) is 0 Å². The van der Waals surface area contributed by atoms with Crippen LogP contribution < -0.4 is 0 Å². The summed E-state index contributed by atoms with van der Waals surface area (Å²) in [5.74, 6) is 0.410. The van der Waals surface area contributed by atoms with Crippen molar-refractivity contribution in [1.82, 2.24) is 5.16 Å². The zero-order chi connectivity index (χ0) is 16.8. The average Bonchev–Trinajstić information content (AvgIpc) is 3.22. The van der Waals surface area contributed by atoms with Crippen molar-refractivity contribution in [3.05, 3.63) is 39.7 Å². The van der Waals surface area contributed by atoms with E-state index < -0.39 is 9.84 Å². The third kappa shape index (κ3) is 3.12. The summed E-state index contributed by atoms with van der Waals surface area (Å²) >= 11 is 4.64. The second-order valence-electron chi connectivity index (χ2n) is 5.44. The van der Waals surface area contributed by atoms with E-state index in [1.54, 1.807) is 12.3 Å². The fraction of sp³-hybridized carbons (Fsp3) is 0.333.